The summed E-state index contributed by atoms with van der Waals surface area (Å²) in [7, 11) is -4.50. The quantitative estimate of drug-likeness (QED) is 0.265. The number of hydrogen-bond acceptors (Lipinski definition) is 4. The minimum absolute atomic E-state index is 0.286. The summed E-state index contributed by atoms with van der Waals surface area (Å²) in [6.45, 7) is 1.69. The van der Waals surface area contributed by atoms with Crippen LogP contribution in [-0.2, 0) is 19.4 Å². The van der Waals surface area contributed by atoms with Crippen LogP contribution in [0.3, 0.4) is 0 Å². The second-order valence-electron chi connectivity index (χ2n) is 6.57. The van der Waals surface area contributed by atoms with Gasteiger partial charge < -0.3 is 0 Å². The summed E-state index contributed by atoms with van der Waals surface area (Å²) >= 11 is 0. The first kappa shape index (κ1) is 23.5. The number of hydrogen-bond donors (Lipinski definition) is 1. The Hall–Kier alpha value is -0.460. The van der Waals surface area contributed by atoms with E-state index in [1.54, 1.807) is 0 Å². The number of Topliss-reactive ketones (excluding diaryl/α,β-unsaturated/α-hetero) is 1. The van der Waals surface area contributed by atoms with E-state index < -0.39 is 17.0 Å². The van der Waals surface area contributed by atoms with Gasteiger partial charge in [-0.15, -0.1) is 0 Å². The molecule has 0 rings (SSSR count). The first-order valence-electron chi connectivity index (χ1n) is 9.59. The van der Waals surface area contributed by atoms with Gasteiger partial charge in [-0.3, -0.25) is 9.35 Å². The minimum Gasteiger partial charge on any atom is -0.297 e. The third-order valence-corrected chi connectivity index (χ3v) is 4.59. The van der Waals surface area contributed by atoms with Crippen LogP contribution >= 0.6 is 0 Å². The third kappa shape index (κ3) is 19.6. The number of rotatable bonds is 18. The Morgan fingerprint density at radius 1 is 0.750 bits per heavy atom. The zero-order valence-corrected chi connectivity index (χ0v) is 16.1. The van der Waals surface area contributed by atoms with E-state index in [-0.39, 0.29) is 5.78 Å². The van der Waals surface area contributed by atoms with Gasteiger partial charge in [-0.25, -0.2) is 4.18 Å². The lowest BCUT2D eigenvalue weighted by molar-refractivity contribution is -0.121. The van der Waals surface area contributed by atoms with Crippen molar-refractivity contribution >= 4 is 16.2 Å². The average molecular weight is 365 g/mol. The largest absolute Gasteiger partial charge is 0.397 e. The van der Waals surface area contributed by atoms with Gasteiger partial charge in [0, 0.05) is 6.42 Å². The van der Waals surface area contributed by atoms with Crippen molar-refractivity contribution in [2.24, 2.45) is 0 Å². The maximum absolute atomic E-state index is 11.3. The molecule has 0 aromatic rings. The molecule has 0 aromatic heterocycles. The molecule has 0 aliphatic rings. The van der Waals surface area contributed by atoms with E-state index in [9.17, 15) is 13.2 Å². The smallest absolute Gasteiger partial charge is 0.297 e. The highest BCUT2D eigenvalue weighted by atomic mass is 32.3. The molecule has 0 saturated heterocycles. The van der Waals surface area contributed by atoms with Gasteiger partial charge in [0.1, 0.15) is 6.61 Å². The molecule has 0 atom stereocenters. The Kier molecular flexibility index (Phi) is 15.7. The van der Waals surface area contributed by atoms with Gasteiger partial charge >= 0.3 is 10.4 Å². The highest BCUT2D eigenvalue weighted by Crippen LogP contribution is 2.13. The highest BCUT2D eigenvalue weighted by Gasteiger charge is 2.09. The van der Waals surface area contributed by atoms with Gasteiger partial charge in [-0.1, -0.05) is 90.4 Å². The Balaban J connectivity index is 3.19. The molecule has 0 bridgehead atoms. The van der Waals surface area contributed by atoms with Crippen molar-refractivity contribution < 1.29 is 21.9 Å². The first-order chi connectivity index (χ1) is 11.5. The van der Waals surface area contributed by atoms with E-state index in [4.69, 9.17) is 4.55 Å². The summed E-state index contributed by atoms with van der Waals surface area (Å²) in [4.78, 5) is 11.3. The van der Waals surface area contributed by atoms with E-state index >= 15 is 0 Å². The SMILES string of the molecule is CCCCCCCCCCCCCCCCC(=O)COS(=O)(=O)O. The predicted molar refractivity (Wildman–Crippen MR) is 97.4 cm³/mol. The normalized spacial score (nSPS) is 11.8. The zero-order chi connectivity index (χ0) is 18.1. The second-order valence-corrected chi connectivity index (χ2v) is 7.67. The summed E-state index contributed by atoms with van der Waals surface area (Å²) in [5, 5.41) is 0. The topological polar surface area (TPSA) is 80.7 Å². The van der Waals surface area contributed by atoms with Crippen LogP contribution in [0.15, 0.2) is 0 Å². The molecule has 5 nitrogen and oxygen atoms in total. The molecule has 6 heteroatoms. The number of carbonyl (C=O) groups excluding carboxylic acids is 1. The molecule has 0 saturated carbocycles. The fourth-order valence-corrected chi connectivity index (χ4v) is 3.01. The van der Waals surface area contributed by atoms with Crippen molar-refractivity contribution in [2.45, 2.75) is 103 Å². The lowest BCUT2D eigenvalue weighted by Crippen LogP contribution is -2.13. The van der Waals surface area contributed by atoms with Crippen LogP contribution < -0.4 is 0 Å². The fourth-order valence-electron chi connectivity index (χ4n) is 2.73. The Labute approximate surface area is 148 Å². The molecular formula is C18H36O5S. The monoisotopic (exact) mass is 364 g/mol. The van der Waals surface area contributed by atoms with Crippen molar-refractivity contribution in [3.05, 3.63) is 0 Å². The summed E-state index contributed by atoms with van der Waals surface area (Å²) in [6, 6.07) is 0. The molecule has 0 radical (unpaired) electrons. The summed E-state index contributed by atoms with van der Waals surface area (Å²) < 4.78 is 33.0. The van der Waals surface area contributed by atoms with Crippen molar-refractivity contribution in [1.29, 1.82) is 0 Å². The molecule has 0 aliphatic carbocycles. The van der Waals surface area contributed by atoms with E-state index in [2.05, 4.69) is 11.1 Å². The van der Waals surface area contributed by atoms with Gasteiger partial charge in [-0.2, -0.15) is 8.42 Å². The second kappa shape index (κ2) is 16.0. The minimum atomic E-state index is -4.50. The Morgan fingerprint density at radius 3 is 1.50 bits per heavy atom. The maximum Gasteiger partial charge on any atom is 0.397 e. The third-order valence-electron chi connectivity index (χ3n) is 4.18. The number of ketones is 1. The molecule has 144 valence electrons. The van der Waals surface area contributed by atoms with Crippen LogP contribution in [0.2, 0.25) is 0 Å². The molecule has 24 heavy (non-hydrogen) atoms. The van der Waals surface area contributed by atoms with E-state index in [1.165, 1.54) is 70.6 Å². The highest BCUT2D eigenvalue weighted by molar-refractivity contribution is 7.80. The number of carbonyl (C=O) groups is 1. The van der Waals surface area contributed by atoms with Crippen LogP contribution in [0.1, 0.15) is 103 Å². The van der Waals surface area contributed by atoms with E-state index in [0.717, 1.165) is 19.3 Å². The van der Waals surface area contributed by atoms with Crippen molar-refractivity contribution in [2.75, 3.05) is 6.61 Å². The van der Waals surface area contributed by atoms with Crippen LogP contribution in [0.25, 0.3) is 0 Å². The molecule has 0 unspecified atom stereocenters. The van der Waals surface area contributed by atoms with Gasteiger partial charge in [-0.05, 0) is 6.42 Å². The molecule has 0 fully saturated rings. The fraction of sp³-hybridized carbons (Fsp3) is 0.944. The van der Waals surface area contributed by atoms with Crippen LogP contribution in [0, 0.1) is 0 Å². The Morgan fingerprint density at radius 2 is 1.12 bits per heavy atom. The first-order valence-corrected chi connectivity index (χ1v) is 11.0. The molecule has 0 aromatic carbocycles. The van der Waals surface area contributed by atoms with Crippen molar-refractivity contribution in [3.8, 4) is 0 Å². The van der Waals surface area contributed by atoms with Gasteiger partial charge in [0.25, 0.3) is 0 Å². The average Bonchev–Trinajstić information content (AvgIpc) is 2.52. The van der Waals surface area contributed by atoms with Crippen LogP contribution in [0.5, 0.6) is 0 Å². The summed E-state index contributed by atoms with van der Waals surface area (Å²) in [5.74, 6) is -0.286. The van der Waals surface area contributed by atoms with Crippen molar-refractivity contribution in [3.63, 3.8) is 0 Å². The lowest BCUT2D eigenvalue weighted by atomic mass is 10.0. The standard InChI is InChI=1S/C18H36O5S/c1-2-3-4-5-6-7-8-9-10-11-12-13-14-15-16-18(19)17-23-24(20,21)22/h2-17H2,1H3,(H,20,21,22). The molecule has 1 N–H and O–H groups in total. The molecule has 0 amide bonds. The lowest BCUT2D eigenvalue weighted by Gasteiger charge is -2.03. The summed E-state index contributed by atoms with van der Waals surface area (Å²) in [5.41, 5.74) is 0. The number of unbranched alkanes of at least 4 members (excludes halogenated alkanes) is 13. The molecule has 0 aliphatic heterocycles. The van der Waals surface area contributed by atoms with E-state index in [0.29, 0.717) is 6.42 Å². The Bertz CT molecular complexity index is 392. The van der Waals surface area contributed by atoms with Gasteiger partial charge in [0.15, 0.2) is 5.78 Å². The molecule has 0 heterocycles. The van der Waals surface area contributed by atoms with Gasteiger partial charge in [0.05, 0.1) is 0 Å². The maximum atomic E-state index is 11.3. The predicted octanol–water partition coefficient (Wildman–Crippen LogP) is 5.25. The van der Waals surface area contributed by atoms with E-state index in [1.807, 2.05) is 0 Å². The van der Waals surface area contributed by atoms with Crippen LogP contribution in [-0.4, -0.2) is 25.4 Å². The van der Waals surface area contributed by atoms with Gasteiger partial charge in [0.2, 0.25) is 0 Å². The summed E-state index contributed by atoms with van der Waals surface area (Å²) in [6.07, 6.45) is 17.8. The van der Waals surface area contributed by atoms with Crippen molar-refractivity contribution in [1.82, 2.24) is 0 Å². The molecular weight excluding hydrogens is 328 g/mol. The zero-order valence-electron chi connectivity index (χ0n) is 15.3. The molecule has 0 spiro atoms. The van der Waals surface area contributed by atoms with Crippen LogP contribution in [0.4, 0.5) is 0 Å².